The molecule has 3 heterocycles. The number of rotatable bonds is 3. The molecule has 0 bridgehead atoms. The van der Waals surface area contributed by atoms with Crippen molar-refractivity contribution in [2.24, 2.45) is 0 Å². The molecule has 1 fully saturated rings. The fourth-order valence-electron chi connectivity index (χ4n) is 4.25. The lowest BCUT2D eigenvalue weighted by Crippen LogP contribution is -2.24. The molecule has 0 saturated carbocycles. The van der Waals surface area contributed by atoms with Crippen LogP contribution < -0.4 is 9.47 Å². The Morgan fingerprint density at radius 3 is 2.61 bits per heavy atom. The molecule has 1 saturated heterocycles. The standard InChI is InChI=1S/C23H25N3O2/c1-16-20(25-19-7-3-2-6-18(19)24-16)15-26-11-4-8-21(26)17-9-10-22-23(14-17)28-13-5-12-27-22/h2-3,6-7,9-10,14,21H,4-5,8,11-13,15H2,1H3/t21-/m0/s1. The zero-order chi connectivity index (χ0) is 18.9. The molecule has 1 atom stereocenters. The first-order chi connectivity index (χ1) is 13.8. The van der Waals surface area contributed by atoms with E-state index in [1.807, 2.05) is 24.3 Å². The third-order valence-electron chi connectivity index (χ3n) is 5.72. The normalized spacial score (nSPS) is 19.7. The molecule has 0 N–H and O–H groups in total. The van der Waals surface area contributed by atoms with Crippen LogP contribution in [0.2, 0.25) is 0 Å². The third-order valence-corrected chi connectivity index (χ3v) is 5.72. The smallest absolute Gasteiger partial charge is 0.161 e. The van der Waals surface area contributed by atoms with Crippen molar-refractivity contribution >= 4 is 11.0 Å². The molecule has 5 heteroatoms. The molecule has 0 aliphatic carbocycles. The Kier molecular flexibility index (Phi) is 4.61. The second-order valence-electron chi connectivity index (χ2n) is 7.63. The summed E-state index contributed by atoms with van der Waals surface area (Å²) >= 11 is 0. The SMILES string of the molecule is Cc1nc2ccccc2nc1CN1CCC[C@H]1c1ccc2c(c1)OCCCO2. The summed E-state index contributed by atoms with van der Waals surface area (Å²) in [5, 5.41) is 0. The molecule has 28 heavy (non-hydrogen) atoms. The number of hydrogen-bond acceptors (Lipinski definition) is 5. The van der Waals surface area contributed by atoms with Crippen LogP contribution in [0.3, 0.4) is 0 Å². The predicted molar refractivity (Wildman–Crippen MR) is 109 cm³/mol. The maximum Gasteiger partial charge on any atom is 0.161 e. The Hall–Kier alpha value is -2.66. The molecular weight excluding hydrogens is 350 g/mol. The average Bonchev–Trinajstić information content (AvgIpc) is 3.04. The Morgan fingerprint density at radius 1 is 0.964 bits per heavy atom. The zero-order valence-electron chi connectivity index (χ0n) is 16.2. The number of para-hydroxylation sites is 2. The zero-order valence-corrected chi connectivity index (χ0v) is 16.2. The predicted octanol–water partition coefficient (Wildman–Crippen LogP) is 4.44. The summed E-state index contributed by atoms with van der Waals surface area (Å²) in [6, 6.07) is 14.9. The number of hydrogen-bond donors (Lipinski definition) is 0. The summed E-state index contributed by atoms with van der Waals surface area (Å²) in [5.74, 6) is 1.74. The van der Waals surface area contributed by atoms with Gasteiger partial charge in [-0.25, -0.2) is 9.97 Å². The minimum atomic E-state index is 0.379. The third kappa shape index (κ3) is 3.31. The maximum absolute atomic E-state index is 5.90. The molecule has 0 spiro atoms. The second-order valence-corrected chi connectivity index (χ2v) is 7.63. The van der Waals surface area contributed by atoms with Crippen LogP contribution in [0, 0.1) is 6.92 Å². The van der Waals surface area contributed by atoms with Gasteiger partial charge in [-0.3, -0.25) is 4.90 Å². The molecule has 2 aromatic carbocycles. The van der Waals surface area contributed by atoms with Crippen LogP contribution in [0.25, 0.3) is 11.0 Å². The lowest BCUT2D eigenvalue weighted by Gasteiger charge is -2.25. The van der Waals surface area contributed by atoms with E-state index in [4.69, 9.17) is 19.4 Å². The number of benzene rings is 2. The molecule has 2 aliphatic heterocycles. The second kappa shape index (κ2) is 7.40. The first kappa shape index (κ1) is 17.4. The minimum Gasteiger partial charge on any atom is -0.490 e. The molecule has 0 unspecified atom stereocenters. The van der Waals surface area contributed by atoms with E-state index in [9.17, 15) is 0 Å². The molecule has 2 aliphatic rings. The van der Waals surface area contributed by atoms with Crippen molar-refractivity contribution in [1.29, 1.82) is 0 Å². The first-order valence-corrected chi connectivity index (χ1v) is 10.1. The van der Waals surface area contributed by atoms with Gasteiger partial charge < -0.3 is 9.47 Å². The number of aromatic nitrogens is 2. The molecule has 144 valence electrons. The van der Waals surface area contributed by atoms with Crippen LogP contribution in [-0.4, -0.2) is 34.6 Å². The van der Waals surface area contributed by atoms with Gasteiger partial charge in [-0.1, -0.05) is 18.2 Å². The maximum atomic E-state index is 5.90. The fraction of sp³-hybridized carbons (Fsp3) is 0.391. The van der Waals surface area contributed by atoms with Crippen molar-refractivity contribution in [3.8, 4) is 11.5 Å². The van der Waals surface area contributed by atoms with E-state index in [0.29, 0.717) is 6.04 Å². The average molecular weight is 375 g/mol. The van der Waals surface area contributed by atoms with Gasteiger partial charge in [-0.2, -0.15) is 0 Å². The molecule has 5 nitrogen and oxygen atoms in total. The van der Waals surface area contributed by atoms with E-state index >= 15 is 0 Å². The van der Waals surface area contributed by atoms with Crippen LogP contribution in [0.1, 0.15) is 42.3 Å². The van der Waals surface area contributed by atoms with Crippen LogP contribution in [0.5, 0.6) is 11.5 Å². The van der Waals surface area contributed by atoms with Gasteiger partial charge in [-0.15, -0.1) is 0 Å². The quantitative estimate of drug-likeness (QED) is 0.677. The number of likely N-dealkylation sites (tertiary alicyclic amines) is 1. The van der Waals surface area contributed by atoms with Gasteiger partial charge in [0.15, 0.2) is 11.5 Å². The van der Waals surface area contributed by atoms with Crippen molar-refractivity contribution < 1.29 is 9.47 Å². The Balaban J connectivity index is 1.42. The largest absolute Gasteiger partial charge is 0.490 e. The fourth-order valence-corrected chi connectivity index (χ4v) is 4.25. The Bertz CT molecular complexity index is 1000. The van der Waals surface area contributed by atoms with Crippen LogP contribution in [0.15, 0.2) is 42.5 Å². The van der Waals surface area contributed by atoms with E-state index in [1.165, 1.54) is 12.0 Å². The van der Waals surface area contributed by atoms with Gasteiger partial charge in [0.05, 0.1) is 35.6 Å². The number of nitrogens with zero attached hydrogens (tertiary/aromatic N) is 3. The first-order valence-electron chi connectivity index (χ1n) is 10.1. The van der Waals surface area contributed by atoms with Crippen LogP contribution in [-0.2, 0) is 6.54 Å². The lowest BCUT2D eigenvalue weighted by molar-refractivity contribution is 0.244. The van der Waals surface area contributed by atoms with Crippen molar-refractivity contribution in [3.63, 3.8) is 0 Å². The lowest BCUT2D eigenvalue weighted by atomic mass is 10.0. The summed E-state index contributed by atoms with van der Waals surface area (Å²) in [5.41, 5.74) is 5.31. The Morgan fingerprint density at radius 2 is 1.75 bits per heavy atom. The van der Waals surface area contributed by atoms with E-state index in [-0.39, 0.29) is 0 Å². The minimum absolute atomic E-state index is 0.379. The van der Waals surface area contributed by atoms with E-state index in [1.54, 1.807) is 0 Å². The van der Waals surface area contributed by atoms with Gasteiger partial charge in [0.2, 0.25) is 0 Å². The van der Waals surface area contributed by atoms with Crippen molar-refractivity contribution in [2.45, 2.75) is 38.8 Å². The highest BCUT2D eigenvalue weighted by Gasteiger charge is 2.28. The monoisotopic (exact) mass is 375 g/mol. The highest BCUT2D eigenvalue weighted by Crippen LogP contribution is 2.38. The van der Waals surface area contributed by atoms with E-state index < -0.39 is 0 Å². The highest BCUT2D eigenvalue weighted by molar-refractivity contribution is 5.74. The van der Waals surface area contributed by atoms with Crippen molar-refractivity contribution in [2.75, 3.05) is 19.8 Å². The number of aryl methyl sites for hydroxylation is 1. The molecular formula is C23H25N3O2. The van der Waals surface area contributed by atoms with Crippen LogP contribution >= 0.6 is 0 Å². The summed E-state index contributed by atoms with van der Waals surface area (Å²) < 4.78 is 11.7. The van der Waals surface area contributed by atoms with Gasteiger partial charge in [-0.05, 0) is 56.1 Å². The highest BCUT2D eigenvalue weighted by atomic mass is 16.5. The molecule has 0 radical (unpaired) electrons. The van der Waals surface area contributed by atoms with Crippen molar-refractivity contribution in [3.05, 3.63) is 59.4 Å². The van der Waals surface area contributed by atoms with Gasteiger partial charge in [0, 0.05) is 19.0 Å². The van der Waals surface area contributed by atoms with Gasteiger partial charge >= 0.3 is 0 Å². The Labute approximate surface area is 165 Å². The van der Waals surface area contributed by atoms with Gasteiger partial charge in [0.1, 0.15) is 0 Å². The summed E-state index contributed by atoms with van der Waals surface area (Å²) in [7, 11) is 0. The van der Waals surface area contributed by atoms with E-state index in [2.05, 4.69) is 30.0 Å². The van der Waals surface area contributed by atoms with E-state index in [0.717, 1.165) is 73.1 Å². The molecule has 5 rings (SSSR count). The van der Waals surface area contributed by atoms with Gasteiger partial charge in [0.25, 0.3) is 0 Å². The topological polar surface area (TPSA) is 47.5 Å². The van der Waals surface area contributed by atoms with Crippen molar-refractivity contribution in [1.82, 2.24) is 14.9 Å². The summed E-state index contributed by atoms with van der Waals surface area (Å²) in [6.45, 7) is 5.40. The summed E-state index contributed by atoms with van der Waals surface area (Å²) in [6.07, 6.45) is 3.28. The molecule has 0 amide bonds. The van der Waals surface area contributed by atoms with Crippen LogP contribution in [0.4, 0.5) is 0 Å². The number of fused-ring (bicyclic) bond motifs is 2. The number of ether oxygens (including phenoxy) is 2. The molecule has 1 aromatic heterocycles. The summed E-state index contributed by atoms with van der Waals surface area (Å²) in [4.78, 5) is 12.2. The molecule has 3 aromatic rings.